The molecule has 0 N–H and O–H groups in total. The molecule has 0 spiro atoms. The SMILES string of the molecule is C[C](C)=[Zr+2]([C]1=CC(C(C)(C)C)=CC1C)[c]1cc(C(C)(C)C)cc2c1Cc1ccc(C(C)(C)C)cc1-2.[Cl-].[Cl-]. The van der Waals surface area contributed by atoms with E-state index in [0.29, 0.717) is 5.92 Å². The van der Waals surface area contributed by atoms with Crippen molar-refractivity contribution < 1.29 is 46.1 Å². The fourth-order valence-electron chi connectivity index (χ4n) is 5.58. The van der Waals surface area contributed by atoms with Gasteiger partial charge in [0.15, 0.2) is 0 Å². The van der Waals surface area contributed by atoms with Gasteiger partial charge in [-0.1, -0.05) is 0 Å². The maximum Gasteiger partial charge on any atom is -1.00 e. The van der Waals surface area contributed by atoms with Gasteiger partial charge in [-0.2, -0.15) is 0 Å². The van der Waals surface area contributed by atoms with Gasteiger partial charge in [0.1, 0.15) is 0 Å². The number of hydrogen-bond donors (Lipinski definition) is 0. The quantitative estimate of drug-likeness (QED) is 0.416. The molecule has 1 unspecified atom stereocenters. The van der Waals surface area contributed by atoms with Crippen molar-refractivity contribution in [3.8, 4) is 11.1 Å². The van der Waals surface area contributed by atoms with Crippen molar-refractivity contribution in [2.24, 2.45) is 11.3 Å². The van der Waals surface area contributed by atoms with Gasteiger partial charge in [-0.25, -0.2) is 0 Å². The third kappa shape index (κ3) is 6.37. The molecule has 2 aromatic carbocycles. The zero-order chi connectivity index (χ0) is 26.1. The molecule has 0 aliphatic heterocycles. The van der Waals surface area contributed by atoms with Gasteiger partial charge in [-0.05, 0) is 0 Å². The number of fused-ring (bicyclic) bond motifs is 3. The van der Waals surface area contributed by atoms with Crippen LogP contribution < -0.4 is 28.1 Å². The number of benzene rings is 2. The molecule has 200 valence electrons. The molecule has 0 amide bonds. The van der Waals surface area contributed by atoms with Crippen LogP contribution in [-0.2, 0) is 38.5 Å². The average molecular weight is 617 g/mol. The van der Waals surface area contributed by atoms with Gasteiger partial charge in [-0.3, -0.25) is 0 Å². The van der Waals surface area contributed by atoms with Gasteiger partial charge >= 0.3 is 224 Å². The van der Waals surface area contributed by atoms with Crippen LogP contribution in [0.3, 0.4) is 0 Å². The van der Waals surface area contributed by atoms with Crippen LogP contribution in [0.4, 0.5) is 0 Å². The van der Waals surface area contributed by atoms with Crippen molar-refractivity contribution in [2.75, 3.05) is 0 Å². The first-order chi connectivity index (χ1) is 16.0. The minimum atomic E-state index is -2.25. The normalized spacial score (nSPS) is 16.5. The van der Waals surface area contributed by atoms with Crippen molar-refractivity contribution in [3.05, 3.63) is 73.6 Å². The van der Waals surface area contributed by atoms with Gasteiger partial charge in [0.25, 0.3) is 0 Å². The Morgan fingerprint density at radius 2 is 1.32 bits per heavy atom. The van der Waals surface area contributed by atoms with E-state index in [0.717, 1.165) is 6.42 Å². The molecule has 1 atom stereocenters. The van der Waals surface area contributed by atoms with Crippen LogP contribution in [-0.4, -0.2) is 3.21 Å². The van der Waals surface area contributed by atoms with E-state index in [1.54, 1.807) is 15.3 Å². The Bertz CT molecular complexity index is 1280. The minimum absolute atomic E-state index is 0. The summed E-state index contributed by atoms with van der Waals surface area (Å²) in [6, 6.07) is 12.5. The van der Waals surface area contributed by atoms with Gasteiger partial charge in [0.2, 0.25) is 0 Å². The first-order valence-electron chi connectivity index (χ1n) is 13.4. The smallest absolute Gasteiger partial charge is 1.00 e. The average Bonchev–Trinajstić information content (AvgIpc) is 3.27. The predicted molar refractivity (Wildman–Crippen MR) is 153 cm³/mol. The Balaban J connectivity index is 0.00000241. The van der Waals surface area contributed by atoms with Crippen LogP contribution >= 0.6 is 0 Å². The summed E-state index contributed by atoms with van der Waals surface area (Å²) < 4.78 is 5.18. The van der Waals surface area contributed by atoms with Crippen molar-refractivity contribution in [1.82, 2.24) is 0 Å². The summed E-state index contributed by atoms with van der Waals surface area (Å²) in [4.78, 5) is 0. The number of allylic oxidation sites excluding steroid dienone is 4. The monoisotopic (exact) mass is 614 g/mol. The van der Waals surface area contributed by atoms with E-state index in [-0.39, 0.29) is 41.1 Å². The molecule has 3 heteroatoms. The number of rotatable bonds is 2. The maximum atomic E-state index is 2.64. The van der Waals surface area contributed by atoms with Crippen molar-refractivity contribution in [2.45, 2.75) is 100 Å². The predicted octanol–water partition coefficient (Wildman–Crippen LogP) is 2.82. The fourth-order valence-corrected chi connectivity index (χ4v) is 13.2. The summed E-state index contributed by atoms with van der Waals surface area (Å²) in [7, 11) is 0. The molecular weight excluding hydrogens is 571 g/mol. The van der Waals surface area contributed by atoms with Crippen LogP contribution in [0.15, 0.2) is 51.3 Å². The molecule has 0 heterocycles. The second-order valence-electron chi connectivity index (χ2n) is 14.2. The molecule has 0 aromatic heterocycles. The molecule has 2 aliphatic rings. The van der Waals surface area contributed by atoms with Crippen LogP contribution in [0.2, 0.25) is 0 Å². The number of halogens is 2. The van der Waals surface area contributed by atoms with Gasteiger partial charge < -0.3 is 24.8 Å². The summed E-state index contributed by atoms with van der Waals surface area (Å²) >= 11 is -2.25. The van der Waals surface area contributed by atoms with Crippen molar-refractivity contribution in [3.63, 3.8) is 0 Å². The Morgan fingerprint density at radius 3 is 1.81 bits per heavy atom. The van der Waals surface area contributed by atoms with E-state index < -0.39 is 21.3 Å². The van der Waals surface area contributed by atoms with Crippen LogP contribution in [0.5, 0.6) is 0 Å². The third-order valence-corrected chi connectivity index (χ3v) is 15.7. The minimum Gasteiger partial charge on any atom is -1.00 e. The Labute approximate surface area is 247 Å². The molecule has 0 radical (unpaired) electrons. The summed E-state index contributed by atoms with van der Waals surface area (Å²) in [6.07, 6.45) is 6.26. The Kier molecular flexibility index (Phi) is 9.67. The largest absolute Gasteiger partial charge is 1.00 e. The van der Waals surface area contributed by atoms with E-state index in [4.69, 9.17) is 0 Å². The first-order valence-corrected chi connectivity index (χ1v) is 17.1. The Hall–Kier alpha value is -0.747. The molecule has 2 aliphatic carbocycles. The van der Waals surface area contributed by atoms with Crippen LogP contribution in [0.25, 0.3) is 11.1 Å². The first kappa shape index (κ1) is 32.5. The molecule has 0 saturated heterocycles. The van der Waals surface area contributed by atoms with Crippen molar-refractivity contribution in [1.29, 1.82) is 0 Å². The van der Waals surface area contributed by atoms with Gasteiger partial charge in [0.05, 0.1) is 0 Å². The molecule has 37 heavy (non-hydrogen) atoms. The summed E-state index contributed by atoms with van der Waals surface area (Å²) in [5.41, 5.74) is 11.1. The van der Waals surface area contributed by atoms with E-state index in [1.807, 2.05) is 0 Å². The number of hydrogen-bond acceptors (Lipinski definition) is 0. The van der Waals surface area contributed by atoms with Crippen LogP contribution in [0.1, 0.15) is 105 Å². The van der Waals surface area contributed by atoms with E-state index in [9.17, 15) is 0 Å². The molecule has 0 fully saturated rings. The van der Waals surface area contributed by atoms with Gasteiger partial charge in [-0.15, -0.1) is 0 Å². The summed E-state index contributed by atoms with van der Waals surface area (Å²) in [5, 5.41) is 0. The third-order valence-electron chi connectivity index (χ3n) is 7.90. The van der Waals surface area contributed by atoms with Crippen LogP contribution in [0, 0.1) is 11.3 Å². The standard InChI is InChI=1S/C21H25.C10H15.C3H6.2ClH.Zr/c1-20(2,3)16-9-7-14-11-15-8-10-17(21(4,5)6)13-19(15)18(14)12-16;1-8-5-6-9(7-8)10(2,3)4;1-3-2;;;/h7,9-10,12-13H,11H2,1-6H3;6-8H,1-4H3;1-2H3;2*1H;/q;;;;;+2/p-2. The summed E-state index contributed by atoms with van der Waals surface area (Å²) in [5.74, 6) is 0.554. The second kappa shape index (κ2) is 11.0. The van der Waals surface area contributed by atoms with E-state index in [2.05, 4.69) is 126 Å². The molecule has 0 nitrogen and oxygen atoms in total. The molecular formula is C34H46Cl2Zr. The topological polar surface area (TPSA) is 0 Å². The zero-order valence-corrected chi connectivity index (χ0v) is 29.1. The maximum absolute atomic E-state index is 2.64. The molecule has 4 rings (SSSR count). The summed E-state index contributed by atoms with van der Waals surface area (Å²) in [6.45, 7) is 28.5. The van der Waals surface area contributed by atoms with E-state index >= 15 is 0 Å². The second-order valence-corrected chi connectivity index (χ2v) is 21.3. The molecule has 0 saturated carbocycles. The van der Waals surface area contributed by atoms with E-state index in [1.165, 1.54) is 33.4 Å². The van der Waals surface area contributed by atoms with Gasteiger partial charge in [0, 0.05) is 0 Å². The zero-order valence-electron chi connectivity index (χ0n) is 25.1. The fraction of sp³-hybridized carbons (Fsp3) is 0.500. The Morgan fingerprint density at radius 1 is 0.757 bits per heavy atom. The molecule has 0 bridgehead atoms. The van der Waals surface area contributed by atoms with Crippen molar-refractivity contribution >= 4 is 6.48 Å². The molecule has 2 aromatic rings.